The van der Waals surface area contributed by atoms with Gasteiger partial charge in [-0.1, -0.05) is 5.16 Å². The van der Waals surface area contributed by atoms with Gasteiger partial charge in [-0.05, 0) is 19.9 Å². The van der Waals surface area contributed by atoms with Crippen molar-refractivity contribution in [1.82, 2.24) is 30.2 Å². The lowest BCUT2D eigenvalue weighted by Crippen LogP contribution is -2.28. The normalized spacial score (nSPS) is 12.6. The third-order valence-electron chi connectivity index (χ3n) is 3.85. The number of nitrogens with zero attached hydrogens (tertiary/aromatic N) is 5. The van der Waals surface area contributed by atoms with Crippen LogP contribution in [0.3, 0.4) is 0 Å². The van der Waals surface area contributed by atoms with Crippen molar-refractivity contribution < 1.29 is 27.2 Å². The molecule has 0 saturated carbocycles. The summed E-state index contributed by atoms with van der Waals surface area (Å²) in [4.78, 5) is 20.6. The second kappa shape index (κ2) is 7.89. The van der Waals surface area contributed by atoms with Crippen LogP contribution in [0.2, 0.25) is 0 Å². The molecule has 1 atom stereocenters. The average Bonchev–Trinajstić information content (AvgIpc) is 3.29. The Kier molecular flexibility index (Phi) is 5.52. The first-order chi connectivity index (χ1) is 13.7. The fraction of sp³-hybridized carbons (Fsp3) is 0.353. The molecule has 3 heterocycles. The highest BCUT2D eigenvalue weighted by Crippen LogP contribution is 2.28. The van der Waals surface area contributed by atoms with E-state index in [1.54, 1.807) is 19.1 Å². The van der Waals surface area contributed by atoms with Crippen molar-refractivity contribution in [1.29, 1.82) is 0 Å². The second-order valence-corrected chi connectivity index (χ2v) is 6.00. The zero-order chi connectivity index (χ0) is 21.2. The number of aromatic nitrogens is 5. The lowest BCUT2D eigenvalue weighted by molar-refractivity contribution is -0.141. The van der Waals surface area contributed by atoms with E-state index < -0.39 is 23.8 Å². The van der Waals surface area contributed by atoms with Crippen molar-refractivity contribution in [2.75, 3.05) is 6.61 Å². The molecule has 154 valence electrons. The molecule has 0 bridgehead atoms. The van der Waals surface area contributed by atoms with Crippen LogP contribution in [-0.2, 0) is 13.2 Å². The summed E-state index contributed by atoms with van der Waals surface area (Å²) in [6, 6.07) is 3.22. The molecule has 29 heavy (non-hydrogen) atoms. The van der Waals surface area contributed by atoms with Crippen molar-refractivity contribution in [3.8, 4) is 17.3 Å². The molecule has 3 rings (SSSR count). The zero-order valence-corrected chi connectivity index (χ0v) is 15.7. The standard InChI is InChI=1S/C17H17F3N6O3/c1-4-28-13-7-10(5-6-21-13)14-23-16(29-25-14)9(2)22-15(27)11-8-12(17(18,19)20)24-26(11)3/h5-9H,4H2,1-3H3,(H,22,27). The largest absolute Gasteiger partial charge is 0.478 e. The van der Waals surface area contributed by atoms with Gasteiger partial charge < -0.3 is 14.6 Å². The van der Waals surface area contributed by atoms with E-state index in [9.17, 15) is 18.0 Å². The predicted molar refractivity (Wildman–Crippen MR) is 92.8 cm³/mol. The Balaban J connectivity index is 1.74. The first kappa shape index (κ1) is 20.3. The van der Waals surface area contributed by atoms with Crippen molar-refractivity contribution in [3.05, 3.63) is 41.7 Å². The van der Waals surface area contributed by atoms with Gasteiger partial charge in [0.25, 0.3) is 5.91 Å². The molecule has 3 aromatic heterocycles. The topological polar surface area (TPSA) is 108 Å². The van der Waals surface area contributed by atoms with Gasteiger partial charge in [-0.2, -0.15) is 23.3 Å². The number of rotatable bonds is 6. The number of amides is 1. The summed E-state index contributed by atoms with van der Waals surface area (Å²) in [5.41, 5.74) is -0.807. The molecule has 1 N–H and O–H groups in total. The van der Waals surface area contributed by atoms with Crippen LogP contribution in [0.15, 0.2) is 28.9 Å². The minimum Gasteiger partial charge on any atom is -0.478 e. The molecule has 0 aliphatic rings. The summed E-state index contributed by atoms with van der Waals surface area (Å²) in [7, 11) is 1.25. The van der Waals surface area contributed by atoms with Gasteiger partial charge in [-0.3, -0.25) is 9.48 Å². The van der Waals surface area contributed by atoms with Gasteiger partial charge in [0.05, 0.1) is 6.61 Å². The summed E-state index contributed by atoms with van der Waals surface area (Å²) >= 11 is 0. The zero-order valence-electron chi connectivity index (χ0n) is 15.7. The molecule has 1 unspecified atom stereocenters. The van der Waals surface area contributed by atoms with Crippen molar-refractivity contribution in [2.45, 2.75) is 26.1 Å². The Hall–Kier alpha value is -3.44. The van der Waals surface area contributed by atoms with Gasteiger partial charge in [0.15, 0.2) is 5.69 Å². The lowest BCUT2D eigenvalue weighted by atomic mass is 10.2. The molecule has 0 fully saturated rings. The van der Waals surface area contributed by atoms with E-state index in [-0.39, 0.29) is 17.4 Å². The minimum atomic E-state index is -4.64. The van der Waals surface area contributed by atoms with Gasteiger partial charge in [0.2, 0.25) is 17.6 Å². The van der Waals surface area contributed by atoms with E-state index in [1.165, 1.54) is 13.2 Å². The van der Waals surface area contributed by atoms with Gasteiger partial charge >= 0.3 is 6.18 Å². The van der Waals surface area contributed by atoms with Crippen LogP contribution in [-0.4, -0.2) is 37.4 Å². The molecule has 3 aromatic rings. The van der Waals surface area contributed by atoms with Crippen LogP contribution in [0, 0.1) is 0 Å². The van der Waals surface area contributed by atoms with Gasteiger partial charge in [0.1, 0.15) is 11.7 Å². The van der Waals surface area contributed by atoms with E-state index >= 15 is 0 Å². The number of nitrogens with one attached hydrogen (secondary N) is 1. The van der Waals surface area contributed by atoms with E-state index in [0.717, 1.165) is 4.68 Å². The molecular weight excluding hydrogens is 393 g/mol. The van der Waals surface area contributed by atoms with Crippen LogP contribution < -0.4 is 10.1 Å². The van der Waals surface area contributed by atoms with E-state index in [0.29, 0.717) is 24.1 Å². The number of hydrogen-bond donors (Lipinski definition) is 1. The minimum absolute atomic E-state index is 0.0846. The maximum atomic E-state index is 12.8. The molecule has 0 aromatic carbocycles. The first-order valence-corrected chi connectivity index (χ1v) is 8.54. The van der Waals surface area contributed by atoms with Crippen LogP contribution in [0.1, 0.15) is 42.0 Å². The molecule has 0 radical (unpaired) electrons. The highest BCUT2D eigenvalue weighted by molar-refractivity contribution is 5.92. The number of halogens is 3. The fourth-order valence-corrected chi connectivity index (χ4v) is 2.45. The van der Waals surface area contributed by atoms with Gasteiger partial charge in [-0.25, -0.2) is 4.98 Å². The Morgan fingerprint density at radius 2 is 2.14 bits per heavy atom. The number of pyridine rings is 1. The van der Waals surface area contributed by atoms with Crippen molar-refractivity contribution in [3.63, 3.8) is 0 Å². The number of ether oxygens (including phenoxy) is 1. The molecule has 0 aliphatic heterocycles. The smallest absolute Gasteiger partial charge is 0.435 e. The Labute approximate surface area is 162 Å². The van der Waals surface area contributed by atoms with Crippen LogP contribution in [0.4, 0.5) is 13.2 Å². The summed E-state index contributed by atoms with van der Waals surface area (Å²) < 4.78 is 49.6. The van der Waals surface area contributed by atoms with E-state index in [1.807, 2.05) is 6.92 Å². The molecule has 12 heteroatoms. The summed E-state index contributed by atoms with van der Waals surface area (Å²) in [5.74, 6) is -0.0228. The summed E-state index contributed by atoms with van der Waals surface area (Å²) in [6.45, 7) is 3.83. The highest BCUT2D eigenvalue weighted by Gasteiger charge is 2.35. The molecule has 0 spiro atoms. The second-order valence-electron chi connectivity index (χ2n) is 6.00. The molecule has 1 amide bonds. The molecular formula is C17H17F3N6O3. The fourth-order valence-electron chi connectivity index (χ4n) is 2.45. The number of hydrogen-bond acceptors (Lipinski definition) is 7. The van der Waals surface area contributed by atoms with Gasteiger partial charge in [0, 0.05) is 30.9 Å². The number of alkyl halides is 3. The molecule has 0 aliphatic carbocycles. The average molecular weight is 410 g/mol. The highest BCUT2D eigenvalue weighted by atomic mass is 19.4. The van der Waals surface area contributed by atoms with Gasteiger partial charge in [-0.15, -0.1) is 0 Å². The van der Waals surface area contributed by atoms with Crippen molar-refractivity contribution >= 4 is 5.91 Å². The third kappa shape index (κ3) is 4.52. The SMILES string of the molecule is CCOc1cc(-c2noc(C(C)NC(=O)c3cc(C(F)(F)F)nn3C)n2)ccn1. The van der Waals surface area contributed by atoms with E-state index in [2.05, 4.69) is 25.5 Å². The Morgan fingerprint density at radius 3 is 2.79 bits per heavy atom. The Bertz CT molecular complexity index is 1010. The van der Waals surface area contributed by atoms with Crippen LogP contribution in [0.5, 0.6) is 5.88 Å². The Morgan fingerprint density at radius 1 is 1.38 bits per heavy atom. The maximum Gasteiger partial charge on any atom is 0.435 e. The van der Waals surface area contributed by atoms with Crippen LogP contribution in [0.25, 0.3) is 11.4 Å². The quantitative estimate of drug-likeness (QED) is 0.666. The predicted octanol–water partition coefficient (Wildman–Crippen LogP) is 2.77. The van der Waals surface area contributed by atoms with Crippen LogP contribution >= 0.6 is 0 Å². The summed E-state index contributed by atoms with van der Waals surface area (Å²) in [5, 5.41) is 9.68. The first-order valence-electron chi connectivity index (χ1n) is 8.54. The van der Waals surface area contributed by atoms with Crippen molar-refractivity contribution in [2.24, 2.45) is 7.05 Å². The lowest BCUT2D eigenvalue weighted by Gasteiger charge is -2.09. The maximum absolute atomic E-state index is 12.8. The molecule has 0 saturated heterocycles. The number of carbonyl (C=O) groups excluding carboxylic acids is 1. The van der Waals surface area contributed by atoms with E-state index in [4.69, 9.17) is 9.26 Å². The number of carbonyl (C=O) groups is 1. The molecule has 9 nitrogen and oxygen atoms in total. The monoisotopic (exact) mass is 410 g/mol. The third-order valence-corrected chi connectivity index (χ3v) is 3.85. The summed E-state index contributed by atoms with van der Waals surface area (Å²) in [6.07, 6.45) is -3.11. The number of aryl methyl sites for hydroxylation is 1.